The van der Waals surface area contributed by atoms with E-state index in [1.807, 2.05) is 24.3 Å². The molecule has 0 aliphatic heterocycles. The van der Waals surface area contributed by atoms with Crippen LogP contribution in [0.1, 0.15) is 11.6 Å². The van der Waals surface area contributed by atoms with Gasteiger partial charge < -0.3 is 24.3 Å². The smallest absolute Gasteiger partial charge is 0.329 e. The van der Waals surface area contributed by atoms with Crippen molar-refractivity contribution >= 4 is 22.6 Å². The standard InChI is InChI=1S/C28H26N4O6/c1-31-20-6-4-5-7-21(20)32(28(31)35)22(12-17-8-11-23(33)25(13-17)37-3)27(34)30-18-9-10-19(24(14-18)36-2)26-15-29-16-38-26/h4-11,13-16,22,33H,12H2,1-3H3,(H,30,34). The minimum absolute atomic E-state index is 0.0153. The van der Waals surface area contributed by atoms with Crippen LogP contribution in [0.4, 0.5) is 5.69 Å². The van der Waals surface area contributed by atoms with Crippen LogP contribution in [-0.2, 0) is 18.3 Å². The molecule has 0 aliphatic carbocycles. The van der Waals surface area contributed by atoms with Gasteiger partial charge in [0.2, 0.25) is 5.91 Å². The van der Waals surface area contributed by atoms with E-state index in [2.05, 4.69) is 10.3 Å². The Labute approximate surface area is 217 Å². The number of aryl methyl sites for hydroxylation is 1. The van der Waals surface area contributed by atoms with E-state index in [1.54, 1.807) is 43.6 Å². The summed E-state index contributed by atoms with van der Waals surface area (Å²) >= 11 is 0. The van der Waals surface area contributed by atoms with Crippen LogP contribution in [0.15, 0.2) is 82.5 Å². The first-order valence-electron chi connectivity index (χ1n) is 11.8. The van der Waals surface area contributed by atoms with Crippen molar-refractivity contribution in [1.29, 1.82) is 0 Å². The van der Waals surface area contributed by atoms with Gasteiger partial charge in [-0.1, -0.05) is 18.2 Å². The summed E-state index contributed by atoms with van der Waals surface area (Å²) in [5, 5.41) is 13.0. The molecular formula is C28H26N4O6. The normalized spacial score (nSPS) is 11.9. The maximum Gasteiger partial charge on any atom is 0.329 e. The summed E-state index contributed by atoms with van der Waals surface area (Å²) in [7, 11) is 4.65. The second-order valence-electron chi connectivity index (χ2n) is 8.70. The summed E-state index contributed by atoms with van der Waals surface area (Å²) in [4.78, 5) is 31.1. The molecule has 2 aromatic heterocycles. The lowest BCUT2D eigenvalue weighted by Gasteiger charge is -2.20. The molecular weight excluding hydrogens is 488 g/mol. The maximum atomic E-state index is 13.8. The monoisotopic (exact) mass is 514 g/mol. The number of rotatable bonds is 8. The zero-order valence-corrected chi connectivity index (χ0v) is 21.0. The summed E-state index contributed by atoms with van der Waals surface area (Å²) < 4.78 is 19.1. The Balaban J connectivity index is 1.55. The average Bonchev–Trinajstić information content (AvgIpc) is 3.55. The Morgan fingerprint density at radius 1 is 1.05 bits per heavy atom. The fraction of sp³-hybridized carbons (Fsp3) is 0.179. The van der Waals surface area contributed by atoms with Crippen molar-refractivity contribution in [2.75, 3.05) is 19.5 Å². The van der Waals surface area contributed by atoms with Gasteiger partial charge in [0, 0.05) is 25.2 Å². The molecule has 2 heterocycles. The first-order valence-corrected chi connectivity index (χ1v) is 11.8. The largest absolute Gasteiger partial charge is 0.504 e. The first kappa shape index (κ1) is 24.7. The van der Waals surface area contributed by atoms with Gasteiger partial charge >= 0.3 is 5.69 Å². The number of oxazole rings is 1. The number of imidazole rings is 1. The van der Waals surface area contributed by atoms with Crippen LogP contribution in [0.25, 0.3) is 22.4 Å². The molecule has 5 rings (SSSR count). The number of carbonyl (C=O) groups excluding carboxylic acids is 1. The molecule has 10 heteroatoms. The van der Waals surface area contributed by atoms with E-state index in [9.17, 15) is 14.7 Å². The van der Waals surface area contributed by atoms with Crippen molar-refractivity contribution in [3.63, 3.8) is 0 Å². The Morgan fingerprint density at radius 3 is 2.53 bits per heavy atom. The van der Waals surface area contributed by atoms with E-state index in [0.29, 0.717) is 39.4 Å². The molecule has 5 aromatic rings. The number of aromatic hydroxyl groups is 1. The van der Waals surface area contributed by atoms with Crippen molar-refractivity contribution in [1.82, 2.24) is 14.1 Å². The molecule has 38 heavy (non-hydrogen) atoms. The van der Waals surface area contributed by atoms with Crippen LogP contribution in [-0.4, -0.2) is 39.4 Å². The highest BCUT2D eigenvalue weighted by molar-refractivity contribution is 5.95. The fourth-order valence-electron chi connectivity index (χ4n) is 4.54. The molecule has 194 valence electrons. The lowest BCUT2D eigenvalue weighted by molar-refractivity contribution is -0.119. The minimum atomic E-state index is -0.914. The first-order chi connectivity index (χ1) is 18.4. The summed E-state index contributed by atoms with van der Waals surface area (Å²) in [6, 6.07) is 16.4. The highest BCUT2D eigenvalue weighted by atomic mass is 16.5. The fourth-order valence-corrected chi connectivity index (χ4v) is 4.54. The molecule has 1 atom stereocenters. The average molecular weight is 515 g/mol. The predicted molar refractivity (Wildman–Crippen MR) is 142 cm³/mol. The van der Waals surface area contributed by atoms with E-state index < -0.39 is 11.9 Å². The summed E-state index contributed by atoms with van der Waals surface area (Å²) in [6.07, 6.45) is 3.07. The van der Waals surface area contributed by atoms with Crippen molar-refractivity contribution in [3.8, 4) is 28.6 Å². The molecule has 0 aliphatic rings. The number of aromatic nitrogens is 3. The molecule has 0 spiro atoms. The van der Waals surface area contributed by atoms with E-state index in [1.165, 1.54) is 35.8 Å². The van der Waals surface area contributed by atoms with Gasteiger partial charge in [0.05, 0.1) is 37.0 Å². The van der Waals surface area contributed by atoms with Gasteiger partial charge in [0.1, 0.15) is 11.8 Å². The zero-order valence-electron chi connectivity index (χ0n) is 21.0. The van der Waals surface area contributed by atoms with Gasteiger partial charge in [0.25, 0.3) is 0 Å². The number of phenols is 1. The third-order valence-corrected chi connectivity index (χ3v) is 6.45. The topological polar surface area (TPSA) is 121 Å². The number of carbonyl (C=O) groups is 1. The maximum absolute atomic E-state index is 13.8. The van der Waals surface area contributed by atoms with Crippen molar-refractivity contribution in [2.45, 2.75) is 12.5 Å². The van der Waals surface area contributed by atoms with Crippen LogP contribution in [0.2, 0.25) is 0 Å². The Bertz CT molecular complexity index is 1670. The van der Waals surface area contributed by atoms with Crippen LogP contribution in [0, 0.1) is 0 Å². The predicted octanol–water partition coefficient (Wildman–Crippen LogP) is 4.14. The third kappa shape index (κ3) is 4.47. The molecule has 0 fully saturated rings. The Hall–Kier alpha value is -4.99. The molecule has 1 amide bonds. The highest BCUT2D eigenvalue weighted by Crippen LogP contribution is 2.33. The molecule has 10 nitrogen and oxygen atoms in total. The van der Waals surface area contributed by atoms with Crippen LogP contribution in [0.3, 0.4) is 0 Å². The lowest BCUT2D eigenvalue weighted by atomic mass is 10.0. The van der Waals surface area contributed by atoms with E-state index in [4.69, 9.17) is 13.9 Å². The summed E-state index contributed by atoms with van der Waals surface area (Å²) in [5.74, 6) is 0.881. The number of amides is 1. The number of phenolic OH excluding ortho intramolecular Hbond substituents is 1. The van der Waals surface area contributed by atoms with Crippen LogP contribution < -0.4 is 20.5 Å². The van der Waals surface area contributed by atoms with E-state index >= 15 is 0 Å². The molecule has 2 N–H and O–H groups in total. The molecule has 1 unspecified atom stereocenters. The van der Waals surface area contributed by atoms with E-state index in [-0.39, 0.29) is 23.6 Å². The number of nitrogens with one attached hydrogen (secondary N) is 1. The van der Waals surface area contributed by atoms with Gasteiger partial charge in [-0.3, -0.25) is 13.9 Å². The summed E-state index contributed by atoms with van der Waals surface area (Å²) in [6.45, 7) is 0. The van der Waals surface area contributed by atoms with Gasteiger partial charge in [-0.05, 0) is 42.0 Å². The second kappa shape index (κ2) is 10.2. The number of fused-ring (bicyclic) bond motifs is 1. The molecule has 0 saturated heterocycles. The lowest BCUT2D eigenvalue weighted by Crippen LogP contribution is -2.35. The number of para-hydroxylation sites is 2. The van der Waals surface area contributed by atoms with Gasteiger partial charge in [0.15, 0.2) is 23.7 Å². The van der Waals surface area contributed by atoms with Crippen molar-refractivity contribution in [2.24, 2.45) is 7.05 Å². The number of benzene rings is 3. The van der Waals surface area contributed by atoms with Gasteiger partial charge in [-0.25, -0.2) is 9.78 Å². The quantitative estimate of drug-likeness (QED) is 0.319. The minimum Gasteiger partial charge on any atom is -0.504 e. The van der Waals surface area contributed by atoms with E-state index in [0.717, 1.165) is 0 Å². The van der Waals surface area contributed by atoms with Crippen molar-refractivity contribution < 1.29 is 23.8 Å². The number of hydrogen-bond acceptors (Lipinski definition) is 7. The van der Waals surface area contributed by atoms with Crippen LogP contribution >= 0.6 is 0 Å². The SMILES string of the molecule is COc1cc(CC(C(=O)Nc2ccc(-c3cnco3)c(OC)c2)n2c(=O)n(C)c3ccccc32)ccc1O. The highest BCUT2D eigenvalue weighted by Gasteiger charge is 2.27. The molecule has 0 bridgehead atoms. The van der Waals surface area contributed by atoms with Crippen LogP contribution in [0.5, 0.6) is 17.2 Å². The van der Waals surface area contributed by atoms with Crippen molar-refractivity contribution in [3.05, 3.63) is 89.3 Å². The Morgan fingerprint density at radius 2 is 1.82 bits per heavy atom. The third-order valence-electron chi connectivity index (χ3n) is 6.45. The number of ether oxygens (including phenoxy) is 2. The molecule has 0 saturated carbocycles. The van der Waals surface area contributed by atoms with Gasteiger partial charge in [-0.15, -0.1) is 0 Å². The zero-order chi connectivity index (χ0) is 26.8. The number of hydrogen-bond donors (Lipinski definition) is 2. The van der Waals surface area contributed by atoms with Gasteiger partial charge in [-0.2, -0.15) is 0 Å². The second-order valence-corrected chi connectivity index (χ2v) is 8.70. The molecule has 0 radical (unpaired) electrons. The molecule has 3 aromatic carbocycles. The number of nitrogens with zero attached hydrogens (tertiary/aromatic N) is 3. The number of methoxy groups -OCH3 is 2. The number of anilines is 1. The Kier molecular flexibility index (Phi) is 6.61. The summed E-state index contributed by atoms with van der Waals surface area (Å²) in [5.41, 5.74) is 2.88.